The number of aryl methyl sites for hydroxylation is 1. The lowest BCUT2D eigenvalue weighted by atomic mass is 10.1. The molecule has 4 rings (SSSR count). The number of rotatable bonds is 8. The molecule has 2 heterocycles. The number of aromatic nitrogens is 4. The SMILES string of the molecule is CN=C(NCCc1ccc(-n2cccn2)cc1)NCc1cccc(Cn2ccnc2C)c1. The van der Waals surface area contributed by atoms with Crippen LogP contribution in [0, 0.1) is 6.92 Å². The van der Waals surface area contributed by atoms with E-state index in [0.29, 0.717) is 0 Å². The summed E-state index contributed by atoms with van der Waals surface area (Å²) in [6.45, 7) is 4.37. The van der Waals surface area contributed by atoms with Gasteiger partial charge in [0.15, 0.2) is 5.96 Å². The predicted octanol–water partition coefficient (Wildman–Crippen LogP) is 3.33. The molecule has 0 fully saturated rings. The molecule has 0 aliphatic carbocycles. The molecule has 0 radical (unpaired) electrons. The maximum atomic E-state index is 4.35. The Morgan fingerprint density at radius 2 is 1.78 bits per heavy atom. The molecular formula is C25H29N7. The quantitative estimate of drug-likeness (QED) is 0.334. The average Bonchev–Trinajstić information content (AvgIpc) is 3.49. The van der Waals surface area contributed by atoms with Crippen LogP contribution in [0.1, 0.15) is 22.5 Å². The van der Waals surface area contributed by atoms with Gasteiger partial charge in [-0.1, -0.05) is 36.4 Å². The van der Waals surface area contributed by atoms with Crippen molar-refractivity contribution in [3.63, 3.8) is 0 Å². The number of imidazole rings is 1. The van der Waals surface area contributed by atoms with Crippen LogP contribution in [0.15, 0.2) is 84.4 Å². The van der Waals surface area contributed by atoms with Crippen molar-refractivity contribution in [3.05, 3.63) is 102 Å². The second kappa shape index (κ2) is 10.4. The van der Waals surface area contributed by atoms with E-state index in [1.807, 2.05) is 36.3 Å². The maximum absolute atomic E-state index is 4.35. The molecule has 0 saturated carbocycles. The highest BCUT2D eigenvalue weighted by atomic mass is 15.3. The summed E-state index contributed by atoms with van der Waals surface area (Å²) in [5.74, 6) is 1.82. The van der Waals surface area contributed by atoms with E-state index in [-0.39, 0.29) is 0 Å². The van der Waals surface area contributed by atoms with E-state index in [1.165, 1.54) is 16.7 Å². The molecule has 4 aromatic rings. The minimum Gasteiger partial charge on any atom is -0.356 e. The van der Waals surface area contributed by atoms with Crippen LogP contribution in [0.25, 0.3) is 5.69 Å². The Bertz CT molecular complexity index is 1140. The molecule has 32 heavy (non-hydrogen) atoms. The molecule has 0 bridgehead atoms. The van der Waals surface area contributed by atoms with Crippen molar-refractivity contribution in [3.8, 4) is 5.69 Å². The van der Waals surface area contributed by atoms with Gasteiger partial charge in [-0.05, 0) is 48.2 Å². The van der Waals surface area contributed by atoms with E-state index in [4.69, 9.17) is 0 Å². The zero-order valence-electron chi connectivity index (χ0n) is 18.6. The molecule has 2 aromatic carbocycles. The first-order valence-corrected chi connectivity index (χ1v) is 10.8. The number of nitrogens with one attached hydrogen (secondary N) is 2. The molecule has 0 unspecified atom stereocenters. The van der Waals surface area contributed by atoms with E-state index in [2.05, 4.69) is 78.8 Å². The number of benzene rings is 2. The zero-order valence-corrected chi connectivity index (χ0v) is 18.6. The fourth-order valence-electron chi connectivity index (χ4n) is 3.57. The highest BCUT2D eigenvalue weighted by Crippen LogP contribution is 2.10. The monoisotopic (exact) mass is 427 g/mol. The first-order valence-electron chi connectivity index (χ1n) is 10.8. The Labute approximate surface area is 188 Å². The summed E-state index contributed by atoms with van der Waals surface area (Å²) >= 11 is 0. The first-order chi connectivity index (χ1) is 15.7. The van der Waals surface area contributed by atoms with Gasteiger partial charge in [-0.2, -0.15) is 5.10 Å². The predicted molar refractivity (Wildman–Crippen MR) is 128 cm³/mol. The Morgan fingerprint density at radius 3 is 2.50 bits per heavy atom. The molecule has 0 aliphatic heterocycles. The molecule has 0 spiro atoms. The largest absolute Gasteiger partial charge is 0.356 e. The smallest absolute Gasteiger partial charge is 0.191 e. The Kier molecular flexibility index (Phi) is 6.97. The third-order valence-electron chi connectivity index (χ3n) is 5.36. The van der Waals surface area contributed by atoms with Crippen LogP contribution in [0.5, 0.6) is 0 Å². The second-order valence-corrected chi connectivity index (χ2v) is 7.64. The minimum atomic E-state index is 0.717. The molecule has 0 saturated heterocycles. The fourth-order valence-corrected chi connectivity index (χ4v) is 3.57. The van der Waals surface area contributed by atoms with E-state index >= 15 is 0 Å². The lowest BCUT2D eigenvalue weighted by Gasteiger charge is -2.13. The first kappa shape index (κ1) is 21.4. The average molecular weight is 428 g/mol. The third-order valence-corrected chi connectivity index (χ3v) is 5.36. The number of hydrogen-bond donors (Lipinski definition) is 2. The molecule has 2 N–H and O–H groups in total. The lowest BCUT2D eigenvalue weighted by Crippen LogP contribution is -2.37. The van der Waals surface area contributed by atoms with Gasteiger partial charge < -0.3 is 15.2 Å². The van der Waals surface area contributed by atoms with Crippen LogP contribution in [0.3, 0.4) is 0 Å². The summed E-state index contributed by atoms with van der Waals surface area (Å²) in [5.41, 5.74) is 4.81. The van der Waals surface area contributed by atoms with Crippen LogP contribution < -0.4 is 10.6 Å². The molecule has 0 amide bonds. The van der Waals surface area contributed by atoms with Crippen LogP contribution >= 0.6 is 0 Å². The molecule has 0 atom stereocenters. The summed E-state index contributed by atoms with van der Waals surface area (Å²) in [4.78, 5) is 8.64. The zero-order chi connectivity index (χ0) is 22.2. The Morgan fingerprint density at radius 1 is 0.938 bits per heavy atom. The van der Waals surface area contributed by atoms with Gasteiger partial charge in [-0.25, -0.2) is 9.67 Å². The molecule has 2 aromatic heterocycles. The summed E-state index contributed by atoms with van der Waals surface area (Å²) < 4.78 is 4.01. The number of nitrogens with zero attached hydrogens (tertiary/aromatic N) is 5. The topological polar surface area (TPSA) is 72.1 Å². The highest BCUT2D eigenvalue weighted by Gasteiger charge is 2.03. The van der Waals surface area contributed by atoms with Crippen molar-refractivity contribution >= 4 is 5.96 Å². The Balaban J connectivity index is 1.24. The van der Waals surface area contributed by atoms with E-state index in [1.54, 1.807) is 13.2 Å². The normalized spacial score (nSPS) is 11.5. The van der Waals surface area contributed by atoms with Gasteiger partial charge in [-0.15, -0.1) is 0 Å². The molecular weight excluding hydrogens is 398 g/mol. The van der Waals surface area contributed by atoms with E-state index in [0.717, 1.165) is 43.5 Å². The molecule has 7 heteroatoms. The number of aliphatic imine (C=N–C) groups is 1. The van der Waals surface area contributed by atoms with Crippen LogP contribution in [-0.4, -0.2) is 38.9 Å². The summed E-state index contributed by atoms with van der Waals surface area (Å²) in [6, 6.07) is 19.0. The summed E-state index contributed by atoms with van der Waals surface area (Å²) in [5, 5.41) is 11.1. The second-order valence-electron chi connectivity index (χ2n) is 7.64. The van der Waals surface area contributed by atoms with Crippen molar-refractivity contribution in [2.24, 2.45) is 4.99 Å². The van der Waals surface area contributed by atoms with Crippen LogP contribution in [0.4, 0.5) is 0 Å². The van der Waals surface area contributed by atoms with Gasteiger partial charge in [0.2, 0.25) is 0 Å². The van der Waals surface area contributed by atoms with Crippen molar-refractivity contribution < 1.29 is 0 Å². The third kappa shape index (κ3) is 5.63. The standard InChI is InChI=1S/C25H29N7/c1-20-27-14-16-31(20)19-23-6-3-5-22(17-23)18-29-25(26-2)28-13-11-21-7-9-24(10-8-21)32-15-4-12-30-32/h3-10,12,14-17H,11,13,18-19H2,1-2H3,(H2,26,28,29). The van der Waals surface area contributed by atoms with Gasteiger partial charge in [0.25, 0.3) is 0 Å². The molecule has 7 nitrogen and oxygen atoms in total. The van der Waals surface area contributed by atoms with Crippen LogP contribution in [0.2, 0.25) is 0 Å². The van der Waals surface area contributed by atoms with Gasteiger partial charge in [0.1, 0.15) is 5.82 Å². The van der Waals surface area contributed by atoms with E-state index < -0.39 is 0 Å². The van der Waals surface area contributed by atoms with Crippen molar-refractivity contribution in [1.82, 2.24) is 30.0 Å². The van der Waals surface area contributed by atoms with Gasteiger partial charge >= 0.3 is 0 Å². The molecule has 0 aliphatic rings. The fraction of sp³-hybridized carbons (Fsp3) is 0.240. The van der Waals surface area contributed by atoms with Gasteiger partial charge in [-0.3, -0.25) is 4.99 Å². The number of hydrogen-bond acceptors (Lipinski definition) is 3. The maximum Gasteiger partial charge on any atom is 0.191 e. The van der Waals surface area contributed by atoms with Gasteiger partial charge in [0.05, 0.1) is 5.69 Å². The van der Waals surface area contributed by atoms with Crippen LogP contribution in [-0.2, 0) is 19.5 Å². The Hall–Kier alpha value is -3.87. The minimum absolute atomic E-state index is 0.717. The van der Waals surface area contributed by atoms with Crippen molar-refractivity contribution in [2.75, 3.05) is 13.6 Å². The molecule has 164 valence electrons. The lowest BCUT2D eigenvalue weighted by molar-refractivity contribution is 0.757. The number of guanidine groups is 1. The van der Waals surface area contributed by atoms with Crippen molar-refractivity contribution in [1.29, 1.82) is 0 Å². The summed E-state index contributed by atoms with van der Waals surface area (Å²) in [7, 11) is 1.80. The van der Waals surface area contributed by atoms with Crippen molar-refractivity contribution in [2.45, 2.75) is 26.4 Å². The summed E-state index contributed by atoms with van der Waals surface area (Å²) in [6.07, 6.45) is 8.50. The van der Waals surface area contributed by atoms with E-state index in [9.17, 15) is 0 Å². The highest BCUT2D eigenvalue weighted by molar-refractivity contribution is 5.79. The van der Waals surface area contributed by atoms with Gasteiger partial charge in [0, 0.05) is 51.5 Å².